The number of amides is 1. The summed E-state index contributed by atoms with van der Waals surface area (Å²) in [4.78, 5) is 29.8. The van der Waals surface area contributed by atoms with Gasteiger partial charge in [0.05, 0.1) is 18.5 Å². The molecule has 8 nitrogen and oxygen atoms in total. The highest BCUT2D eigenvalue weighted by Gasteiger charge is 2.20. The molecule has 2 aromatic rings. The van der Waals surface area contributed by atoms with Gasteiger partial charge in [-0.2, -0.15) is 0 Å². The quantitative estimate of drug-likeness (QED) is 0.846. The van der Waals surface area contributed by atoms with Crippen molar-refractivity contribution in [3.05, 3.63) is 42.5 Å². The molecule has 0 spiro atoms. The standard InChI is InChI=1S/C19H24N6O2/c26-19(23-12-15-4-3-11-27-15)16-13-22-18(14-21-16)25-9-7-24(8-10-25)17-5-1-2-6-20-17/h1-2,5-6,13-15H,3-4,7-12H2,(H,23,26). The number of carbonyl (C=O) groups excluding carboxylic acids is 1. The number of hydrogen-bond donors (Lipinski definition) is 1. The number of aromatic nitrogens is 3. The van der Waals surface area contributed by atoms with Crippen LogP contribution in [0.4, 0.5) is 11.6 Å². The van der Waals surface area contributed by atoms with Gasteiger partial charge >= 0.3 is 0 Å². The maximum absolute atomic E-state index is 12.2. The van der Waals surface area contributed by atoms with Crippen molar-refractivity contribution in [2.75, 3.05) is 49.1 Å². The Balaban J connectivity index is 1.29. The van der Waals surface area contributed by atoms with E-state index in [2.05, 4.69) is 30.1 Å². The summed E-state index contributed by atoms with van der Waals surface area (Å²) in [6.45, 7) is 4.75. The van der Waals surface area contributed by atoms with E-state index in [1.165, 1.54) is 0 Å². The van der Waals surface area contributed by atoms with E-state index >= 15 is 0 Å². The van der Waals surface area contributed by atoms with Crippen molar-refractivity contribution in [3.8, 4) is 0 Å². The highest BCUT2D eigenvalue weighted by Crippen LogP contribution is 2.16. The second-order valence-corrected chi connectivity index (χ2v) is 6.77. The summed E-state index contributed by atoms with van der Waals surface area (Å²) in [5.41, 5.74) is 0.337. The molecule has 2 saturated heterocycles. The Morgan fingerprint density at radius 2 is 1.89 bits per heavy atom. The monoisotopic (exact) mass is 368 g/mol. The molecule has 2 aliphatic rings. The van der Waals surface area contributed by atoms with Gasteiger partial charge in [0.2, 0.25) is 0 Å². The van der Waals surface area contributed by atoms with Crippen LogP contribution in [0.2, 0.25) is 0 Å². The summed E-state index contributed by atoms with van der Waals surface area (Å²) in [6, 6.07) is 5.95. The molecule has 142 valence electrons. The van der Waals surface area contributed by atoms with Crippen LogP contribution in [0.3, 0.4) is 0 Å². The Bertz CT molecular complexity index is 741. The third-order valence-electron chi connectivity index (χ3n) is 4.96. The van der Waals surface area contributed by atoms with Gasteiger partial charge in [0.15, 0.2) is 0 Å². The largest absolute Gasteiger partial charge is 0.376 e. The predicted octanol–water partition coefficient (Wildman–Crippen LogP) is 1.11. The number of ether oxygens (including phenoxy) is 1. The molecule has 2 fully saturated rings. The Morgan fingerprint density at radius 1 is 1.07 bits per heavy atom. The Kier molecular flexibility index (Phi) is 5.43. The number of pyridine rings is 1. The van der Waals surface area contributed by atoms with Crippen LogP contribution < -0.4 is 15.1 Å². The van der Waals surface area contributed by atoms with Crippen LogP contribution >= 0.6 is 0 Å². The van der Waals surface area contributed by atoms with E-state index in [0.29, 0.717) is 12.2 Å². The molecule has 0 aromatic carbocycles. The predicted molar refractivity (Wildman–Crippen MR) is 102 cm³/mol. The number of nitrogens with zero attached hydrogens (tertiary/aromatic N) is 5. The van der Waals surface area contributed by atoms with Crippen molar-refractivity contribution >= 4 is 17.5 Å². The van der Waals surface area contributed by atoms with Crippen molar-refractivity contribution in [2.45, 2.75) is 18.9 Å². The molecular weight excluding hydrogens is 344 g/mol. The molecule has 27 heavy (non-hydrogen) atoms. The molecule has 8 heteroatoms. The number of rotatable bonds is 5. The molecule has 1 N–H and O–H groups in total. The summed E-state index contributed by atoms with van der Waals surface area (Å²) in [5.74, 6) is 1.59. The number of hydrogen-bond acceptors (Lipinski definition) is 7. The fraction of sp³-hybridized carbons (Fsp3) is 0.474. The molecule has 1 atom stereocenters. The van der Waals surface area contributed by atoms with E-state index in [9.17, 15) is 4.79 Å². The fourth-order valence-electron chi connectivity index (χ4n) is 3.41. The average molecular weight is 368 g/mol. The average Bonchev–Trinajstić information content (AvgIpc) is 3.27. The molecule has 0 saturated carbocycles. The molecule has 0 aliphatic carbocycles. The van der Waals surface area contributed by atoms with E-state index in [4.69, 9.17) is 4.74 Å². The van der Waals surface area contributed by atoms with Crippen molar-refractivity contribution in [1.29, 1.82) is 0 Å². The van der Waals surface area contributed by atoms with Gasteiger partial charge in [-0.05, 0) is 25.0 Å². The van der Waals surface area contributed by atoms with Crippen LogP contribution in [-0.4, -0.2) is 66.3 Å². The molecule has 4 rings (SSSR count). The molecule has 0 radical (unpaired) electrons. The van der Waals surface area contributed by atoms with Gasteiger partial charge in [-0.3, -0.25) is 4.79 Å². The third-order valence-corrected chi connectivity index (χ3v) is 4.96. The van der Waals surface area contributed by atoms with Gasteiger partial charge in [0.1, 0.15) is 17.3 Å². The van der Waals surface area contributed by atoms with Crippen LogP contribution in [0.15, 0.2) is 36.8 Å². The molecule has 0 bridgehead atoms. The third kappa shape index (κ3) is 4.33. The van der Waals surface area contributed by atoms with Crippen LogP contribution in [0.25, 0.3) is 0 Å². The summed E-state index contributed by atoms with van der Waals surface area (Å²) < 4.78 is 5.51. The van der Waals surface area contributed by atoms with E-state index in [0.717, 1.165) is 57.3 Å². The lowest BCUT2D eigenvalue weighted by Crippen LogP contribution is -2.47. The zero-order chi connectivity index (χ0) is 18.5. The second-order valence-electron chi connectivity index (χ2n) is 6.77. The fourth-order valence-corrected chi connectivity index (χ4v) is 3.41. The topological polar surface area (TPSA) is 83.5 Å². The summed E-state index contributed by atoms with van der Waals surface area (Å²) in [6.07, 6.45) is 7.22. The van der Waals surface area contributed by atoms with Gasteiger partial charge in [0.25, 0.3) is 5.91 Å². The Labute approximate surface area is 158 Å². The Morgan fingerprint density at radius 3 is 2.52 bits per heavy atom. The number of nitrogens with one attached hydrogen (secondary N) is 1. The highest BCUT2D eigenvalue weighted by atomic mass is 16.5. The minimum Gasteiger partial charge on any atom is -0.376 e. The maximum atomic E-state index is 12.2. The SMILES string of the molecule is O=C(NCC1CCCO1)c1cnc(N2CCN(c3ccccn3)CC2)cn1. The zero-order valence-corrected chi connectivity index (χ0v) is 15.3. The Hall–Kier alpha value is -2.74. The van der Waals surface area contributed by atoms with E-state index < -0.39 is 0 Å². The second kappa shape index (κ2) is 8.30. The molecule has 4 heterocycles. The normalized spacial score (nSPS) is 19.9. The van der Waals surface area contributed by atoms with Gasteiger partial charge in [-0.25, -0.2) is 15.0 Å². The minimum atomic E-state index is -0.204. The highest BCUT2D eigenvalue weighted by molar-refractivity contribution is 5.92. The maximum Gasteiger partial charge on any atom is 0.271 e. The van der Waals surface area contributed by atoms with Crippen molar-refractivity contribution in [2.24, 2.45) is 0 Å². The van der Waals surface area contributed by atoms with Gasteiger partial charge in [-0.1, -0.05) is 6.07 Å². The summed E-state index contributed by atoms with van der Waals surface area (Å²) in [5, 5.41) is 2.87. The first kappa shape index (κ1) is 17.7. The van der Waals surface area contributed by atoms with Crippen LogP contribution in [0, 0.1) is 0 Å². The lowest BCUT2D eigenvalue weighted by Gasteiger charge is -2.35. The summed E-state index contributed by atoms with van der Waals surface area (Å²) >= 11 is 0. The number of carbonyl (C=O) groups is 1. The molecule has 2 aliphatic heterocycles. The zero-order valence-electron chi connectivity index (χ0n) is 15.3. The molecule has 1 amide bonds. The molecular formula is C19H24N6O2. The van der Waals surface area contributed by atoms with Crippen molar-refractivity contribution in [1.82, 2.24) is 20.3 Å². The van der Waals surface area contributed by atoms with Crippen molar-refractivity contribution in [3.63, 3.8) is 0 Å². The minimum absolute atomic E-state index is 0.122. The van der Waals surface area contributed by atoms with Crippen LogP contribution in [0.1, 0.15) is 23.3 Å². The first-order valence-electron chi connectivity index (χ1n) is 9.42. The number of anilines is 2. The van der Waals surface area contributed by atoms with Crippen LogP contribution in [-0.2, 0) is 4.74 Å². The first-order valence-corrected chi connectivity index (χ1v) is 9.42. The number of piperazine rings is 1. The van der Waals surface area contributed by atoms with Crippen LogP contribution in [0.5, 0.6) is 0 Å². The first-order chi connectivity index (χ1) is 13.3. The van der Waals surface area contributed by atoms with E-state index in [1.807, 2.05) is 24.4 Å². The summed E-state index contributed by atoms with van der Waals surface area (Å²) in [7, 11) is 0. The van der Waals surface area contributed by atoms with Gasteiger partial charge < -0.3 is 19.9 Å². The van der Waals surface area contributed by atoms with E-state index in [1.54, 1.807) is 12.4 Å². The lowest BCUT2D eigenvalue weighted by atomic mass is 10.2. The van der Waals surface area contributed by atoms with E-state index in [-0.39, 0.29) is 12.0 Å². The lowest BCUT2D eigenvalue weighted by molar-refractivity contribution is 0.0853. The molecule has 1 unspecified atom stereocenters. The smallest absolute Gasteiger partial charge is 0.271 e. The molecule has 2 aromatic heterocycles. The van der Waals surface area contributed by atoms with Crippen molar-refractivity contribution < 1.29 is 9.53 Å². The van der Waals surface area contributed by atoms with Gasteiger partial charge in [-0.15, -0.1) is 0 Å². The van der Waals surface area contributed by atoms with Gasteiger partial charge in [0, 0.05) is 45.5 Å².